The van der Waals surface area contributed by atoms with Gasteiger partial charge in [0.1, 0.15) is 5.60 Å². The fraction of sp³-hybridized carbons (Fsp3) is 0.571. The van der Waals surface area contributed by atoms with Crippen molar-refractivity contribution in [3.63, 3.8) is 0 Å². The molecule has 50 valence electrons. The van der Waals surface area contributed by atoms with Crippen LogP contribution in [0.2, 0.25) is 0 Å². The van der Waals surface area contributed by atoms with Crippen LogP contribution >= 0.6 is 0 Å². The summed E-state index contributed by atoms with van der Waals surface area (Å²) in [4.78, 5) is 10.5. The average Bonchev–Trinajstić information content (AvgIpc) is 2.48. The zero-order valence-electron chi connectivity index (χ0n) is 5.52. The zero-order valence-corrected chi connectivity index (χ0v) is 5.52. The van der Waals surface area contributed by atoms with Crippen molar-refractivity contribution in [2.24, 2.45) is 0 Å². The van der Waals surface area contributed by atoms with Crippen LogP contribution in [-0.2, 0) is 9.53 Å². The first-order valence-corrected chi connectivity index (χ1v) is 3.02. The predicted molar refractivity (Wildman–Crippen MR) is 33.9 cm³/mol. The zero-order chi connectivity index (χ0) is 6.91. The van der Waals surface area contributed by atoms with Gasteiger partial charge in [0.2, 0.25) is 0 Å². The van der Waals surface area contributed by atoms with Crippen LogP contribution in [0.25, 0.3) is 0 Å². The molecule has 0 radical (unpaired) electrons. The maximum Gasteiger partial charge on any atom is 0.330 e. The number of hydrogen-bond donors (Lipinski definition) is 0. The fourth-order valence-corrected chi connectivity index (χ4v) is 0.563. The molecule has 1 rings (SSSR count). The number of esters is 1. The summed E-state index contributed by atoms with van der Waals surface area (Å²) in [6, 6.07) is 0. The van der Waals surface area contributed by atoms with Gasteiger partial charge in [-0.3, -0.25) is 0 Å². The van der Waals surface area contributed by atoms with Gasteiger partial charge >= 0.3 is 5.97 Å². The Bertz CT molecular complexity index is 145. The lowest BCUT2D eigenvalue weighted by Gasteiger charge is -2.06. The molecule has 0 aromatic carbocycles. The fourth-order valence-electron chi connectivity index (χ4n) is 0.563. The lowest BCUT2D eigenvalue weighted by molar-refractivity contribution is -0.143. The number of carbonyl (C=O) groups is 1. The van der Waals surface area contributed by atoms with Crippen LogP contribution in [0.1, 0.15) is 19.8 Å². The first-order valence-electron chi connectivity index (χ1n) is 3.02. The topological polar surface area (TPSA) is 26.3 Å². The number of carbonyl (C=O) groups excluding carboxylic acids is 1. The molecule has 0 atom stereocenters. The normalized spacial score (nSPS) is 20.6. The molecule has 0 aromatic rings. The second-order valence-corrected chi connectivity index (χ2v) is 2.58. The summed E-state index contributed by atoms with van der Waals surface area (Å²) in [5.41, 5.74) is -0.148. The van der Waals surface area contributed by atoms with Gasteiger partial charge < -0.3 is 4.74 Å². The molecule has 0 N–H and O–H groups in total. The van der Waals surface area contributed by atoms with Crippen LogP contribution in [0.15, 0.2) is 12.7 Å². The van der Waals surface area contributed by atoms with E-state index in [0.29, 0.717) is 0 Å². The van der Waals surface area contributed by atoms with Crippen molar-refractivity contribution in [1.29, 1.82) is 0 Å². The van der Waals surface area contributed by atoms with Crippen molar-refractivity contribution in [3.8, 4) is 0 Å². The Morgan fingerprint density at radius 1 is 1.78 bits per heavy atom. The van der Waals surface area contributed by atoms with Crippen molar-refractivity contribution in [3.05, 3.63) is 12.7 Å². The summed E-state index contributed by atoms with van der Waals surface area (Å²) in [7, 11) is 0. The molecule has 0 bridgehead atoms. The van der Waals surface area contributed by atoms with Gasteiger partial charge in [-0.15, -0.1) is 0 Å². The number of rotatable bonds is 2. The van der Waals surface area contributed by atoms with E-state index in [1.165, 1.54) is 6.08 Å². The lowest BCUT2D eigenvalue weighted by atomic mass is 10.4. The maximum atomic E-state index is 10.5. The number of ether oxygens (including phenoxy) is 1. The van der Waals surface area contributed by atoms with Crippen LogP contribution in [0.5, 0.6) is 0 Å². The summed E-state index contributed by atoms with van der Waals surface area (Å²) < 4.78 is 4.94. The van der Waals surface area contributed by atoms with Crippen LogP contribution in [0.3, 0.4) is 0 Å². The van der Waals surface area contributed by atoms with Crippen LogP contribution < -0.4 is 0 Å². The van der Waals surface area contributed by atoms with Gasteiger partial charge in [0, 0.05) is 6.08 Å². The second-order valence-electron chi connectivity index (χ2n) is 2.58. The first-order chi connectivity index (χ1) is 4.16. The molecule has 1 aliphatic rings. The molecule has 1 saturated carbocycles. The third-order valence-corrected chi connectivity index (χ3v) is 1.47. The van der Waals surface area contributed by atoms with Gasteiger partial charge in [-0.25, -0.2) is 4.79 Å². The van der Waals surface area contributed by atoms with Crippen molar-refractivity contribution in [1.82, 2.24) is 0 Å². The minimum Gasteiger partial charge on any atom is -0.456 e. The molecule has 0 spiro atoms. The summed E-state index contributed by atoms with van der Waals surface area (Å²) in [5.74, 6) is -0.310. The molecular weight excluding hydrogens is 116 g/mol. The summed E-state index contributed by atoms with van der Waals surface area (Å²) >= 11 is 0. The highest BCUT2D eigenvalue weighted by molar-refractivity contribution is 5.81. The molecule has 1 aliphatic carbocycles. The van der Waals surface area contributed by atoms with E-state index in [9.17, 15) is 4.79 Å². The molecular formula is C7H10O2. The Kier molecular flexibility index (Phi) is 1.31. The van der Waals surface area contributed by atoms with E-state index >= 15 is 0 Å². The van der Waals surface area contributed by atoms with E-state index < -0.39 is 0 Å². The van der Waals surface area contributed by atoms with E-state index in [-0.39, 0.29) is 11.6 Å². The van der Waals surface area contributed by atoms with Crippen LogP contribution in [0.4, 0.5) is 0 Å². The molecule has 2 nitrogen and oxygen atoms in total. The van der Waals surface area contributed by atoms with Crippen molar-refractivity contribution in [2.45, 2.75) is 25.4 Å². The van der Waals surface area contributed by atoms with Crippen molar-refractivity contribution < 1.29 is 9.53 Å². The van der Waals surface area contributed by atoms with Crippen LogP contribution in [-0.4, -0.2) is 11.6 Å². The molecule has 0 aromatic heterocycles. The smallest absolute Gasteiger partial charge is 0.330 e. The quantitative estimate of drug-likeness (QED) is 0.411. The highest BCUT2D eigenvalue weighted by Crippen LogP contribution is 2.38. The Labute approximate surface area is 54.5 Å². The Morgan fingerprint density at radius 3 is 2.67 bits per heavy atom. The van der Waals surface area contributed by atoms with Gasteiger partial charge in [0.25, 0.3) is 0 Å². The Hall–Kier alpha value is -0.790. The third kappa shape index (κ3) is 1.56. The molecule has 0 heterocycles. The first kappa shape index (κ1) is 6.33. The lowest BCUT2D eigenvalue weighted by Crippen LogP contribution is -2.12. The highest BCUT2D eigenvalue weighted by atomic mass is 16.6. The molecule has 2 heteroatoms. The SMILES string of the molecule is C=CC(=O)OC1(C)CC1. The van der Waals surface area contributed by atoms with Gasteiger partial charge in [-0.05, 0) is 19.8 Å². The highest BCUT2D eigenvalue weighted by Gasteiger charge is 2.40. The monoisotopic (exact) mass is 126 g/mol. The molecule has 0 amide bonds. The van der Waals surface area contributed by atoms with Gasteiger partial charge in [-0.2, -0.15) is 0 Å². The predicted octanol–water partition coefficient (Wildman–Crippen LogP) is 1.27. The molecule has 0 aliphatic heterocycles. The van der Waals surface area contributed by atoms with Crippen molar-refractivity contribution in [2.75, 3.05) is 0 Å². The Balaban J connectivity index is 2.33. The average molecular weight is 126 g/mol. The summed E-state index contributed by atoms with van der Waals surface area (Å²) in [6.45, 7) is 5.22. The van der Waals surface area contributed by atoms with E-state index in [1.807, 2.05) is 6.92 Å². The minimum absolute atomic E-state index is 0.148. The van der Waals surface area contributed by atoms with Gasteiger partial charge in [0.05, 0.1) is 0 Å². The van der Waals surface area contributed by atoms with E-state index in [1.54, 1.807) is 0 Å². The summed E-state index contributed by atoms with van der Waals surface area (Å²) in [5, 5.41) is 0. The molecule has 0 unspecified atom stereocenters. The van der Waals surface area contributed by atoms with Crippen LogP contribution in [0, 0.1) is 0 Å². The van der Waals surface area contributed by atoms with E-state index in [2.05, 4.69) is 6.58 Å². The largest absolute Gasteiger partial charge is 0.456 e. The maximum absolute atomic E-state index is 10.5. The summed E-state index contributed by atoms with van der Waals surface area (Å²) in [6.07, 6.45) is 3.18. The standard InChI is InChI=1S/C7H10O2/c1-3-6(8)9-7(2)4-5-7/h3H,1,4-5H2,2H3. The van der Waals surface area contributed by atoms with E-state index in [4.69, 9.17) is 4.74 Å². The minimum atomic E-state index is -0.310. The molecule has 1 fully saturated rings. The van der Waals surface area contributed by atoms with E-state index in [0.717, 1.165) is 12.8 Å². The van der Waals surface area contributed by atoms with Crippen molar-refractivity contribution >= 4 is 5.97 Å². The van der Waals surface area contributed by atoms with Gasteiger partial charge in [0.15, 0.2) is 0 Å². The second kappa shape index (κ2) is 1.87. The molecule has 0 saturated heterocycles. The Morgan fingerprint density at radius 2 is 2.33 bits per heavy atom. The molecule has 9 heavy (non-hydrogen) atoms. The van der Waals surface area contributed by atoms with Gasteiger partial charge in [-0.1, -0.05) is 6.58 Å². The third-order valence-electron chi connectivity index (χ3n) is 1.47. The number of hydrogen-bond acceptors (Lipinski definition) is 2.